The van der Waals surface area contributed by atoms with Crippen LogP contribution >= 0.6 is 0 Å². The first-order chi connectivity index (χ1) is 9.06. The summed E-state index contributed by atoms with van der Waals surface area (Å²) in [5.41, 5.74) is 2.39. The number of hydrogen-bond acceptors (Lipinski definition) is 4. The van der Waals surface area contributed by atoms with Crippen molar-refractivity contribution < 1.29 is 9.34 Å². The van der Waals surface area contributed by atoms with Gasteiger partial charge in [0.25, 0.3) is 0 Å². The molecule has 0 aliphatic carbocycles. The van der Waals surface area contributed by atoms with Crippen molar-refractivity contribution in [1.29, 1.82) is 0 Å². The maximum Gasteiger partial charge on any atom is 0.433 e. The fraction of sp³-hybridized carbons (Fsp3) is 0.286. The Balaban J connectivity index is 1.94. The Labute approximate surface area is 111 Å². The second kappa shape index (κ2) is 5.67. The van der Waals surface area contributed by atoms with E-state index in [1.54, 1.807) is 6.07 Å². The van der Waals surface area contributed by atoms with Gasteiger partial charge in [-0.25, -0.2) is 0 Å². The summed E-state index contributed by atoms with van der Waals surface area (Å²) in [6, 6.07) is 11.4. The molecular weight excluding hydrogens is 244 g/mol. The molecule has 5 nitrogen and oxygen atoms in total. The lowest BCUT2D eigenvalue weighted by Gasteiger charge is -2.13. The van der Waals surface area contributed by atoms with Gasteiger partial charge in [-0.1, -0.05) is 29.8 Å². The molecule has 0 unspecified atom stereocenters. The summed E-state index contributed by atoms with van der Waals surface area (Å²) >= 11 is 0. The van der Waals surface area contributed by atoms with Crippen LogP contribution in [0.3, 0.4) is 0 Å². The molecular formula is C14H16N2O3. The molecule has 2 rings (SSSR count). The average molecular weight is 260 g/mol. The second-order valence-corrected chi connectivity index (χ2v) is 4.51. The van der Waals surface area contributed by atoms with E-state index in [9.17, 15) is 10.1 Å². The summed E-state index contributed by atoms with van der Waals surface area (Å²) in [5.74, 6) is 0.338. The van der Waals surface area contributed by atoms with Crippen molar-refractivity contribution in [3.05, 3.63) is 63.4 Å². The van der Waals surface area contributed by atoms with Crippen LogP contribution in [0, 0.1) is 17.0 Å². The van der Waals surface area contributed by atoms with Gasteiger partial charge >= 0.3 is 5.88 Å². The first kappa shape index (κ1) is 13.3. The lowest BCUT2D eigenvalue weighted by molar-refractivity contribution is -0.402. The van der Waals surface area contributed by atoms with Crippen LogP contribution in [-0.4, -0.2) is 4.92 Å². The van der Waals surface area contributed by atoms with Gasteiger partial charge in [0.1, 0.15) is 10.7 Å². The van der Waals surface area contributed by atoms with E-state index in [2.05, 4.69) is 29.6 Å². The number of aryl methyl sites for hydroxylation is 1. The van der Waals surface area contributed by atoms with E-state index in [0.717, 1.165) is 0 Å². The minimum Gasteiger partial charge on any atom is -0.404 e. The number of benzene rings is 1. The van der Waals surface area contributed by atoms with Crippen molar-refractivity contribution in [3.63, 3.8) is 0 Å². The zero-order valence-corrected chi connectivity index (χ0v) is 10.9. The molecule has 0 radical (unpaired) electrons. The zero-order chi connectivity index (χ0) is 13.8. The number of nitrogens with one attached hydrogen (secondary N) is 1. The number of furan rings is 1. The second-order valence-electron chi connectivity index (χ2n) is 4.51. The van der Waals surface area contributed by atoms with Gasteiger partial charge in [0.15, 0.2) is 0 Å². The van der Waals surface area contributed by atoms with Crippen LogP contribution in [0.4, 0.5) is 5.88 Å². The molecule has 19 heavy (non-hydrogen) atoms. The first-order valence-electron chi connectivity index (χ1n) is 6.09. The van der Waals surface area contributed by atoms with Crippen molar-refractivity contribution in [2.24, 2.45) is 0 Å². The van der Waals surface area contributed by atoms with E-state index in [-0.39, 0.29) is 11.9 Å². The Bertz CT molecular complexity index is 560. The molecule has 5 heteroatoms. The van der Waals surface area contributed by atoms with E-state index in [0.29, 0.717) is 12.3 Å². The van der Waals surface area contributed by atoms with Crippen molar-refractivity contribution in [1.82, 2.24) is 5.32 Å². The highest BCUT2D eigenvalue weighted by Gasteiger charge is 2.12. The molecule has 1 aromatic carbocycles. The average Bonchev–Trinajstić information content (AvgIpc) is 2.86. The molecule has 0 spiro atoms. The zero-order valence-electron chi connectivity index (χ0n) is 10.9. The van der Waals surface area contributed by atoms with Crippen LogP contribution in [-0.2, 0) is 6.54 Å². The Morgan fingerprint density at radius 2 is 1.95 bits per heavy atom. The van der Waals surface area contributed by atoms with Gasteiger partial charge in [0, 0.05) is 6.04 Å². The van der Waals surface area contributed by atoms with Gasteiger partial charge < -0.3 is 9.73 Å². The largest absolute Gasteiger partial charge is 0.433 e. The Morgan fingerprint density at radius 3 is 2.53 bits per heavy atom. The van der Waals surface area contributed by atoms with Crippen LogP contribution in [0.5, 0.6) is 0 Å². The smallest absolute Gasteiger partial charge is 0.404 e. The van der Waals surface area contributed by atoms with Gasteiger partial charge in [0.05, 0.1) is 12.6 Å². The minimum atomic E-state index is -0.535. The van der Waals surface area contributed by atoms with Crippen molar-refractivity contribution in [3.8, 4) is 0 Å². The van der Waals surface area contributed by atoms with Gasteiger partial charge in [-0.3, -0.25) is 10.1 Å². The summed E-state index contributed by atoms with van der Waals surface area (Å²) in [6.45, 7) is 4.55. The summed E-state index contributed by atoms with van der Waals surface area (Å²) in [4.78, 5) is 9.96. The Morgan fingerprint density at radius 1 is 1.26 bits per heavy atom. The molecule has 0 amide bonds. The summed E-state index contributed by atoms with van der Waals surface area (Å²) in [6.07, 6.45) is 0. The van der Waals surface area contributed by atoms with Crippen LogP contribution in [0.15, 0.2) is 40.8 Å². The number of nitro groups is 1. The topological polar surface area (TPSA) is 68.3 Å². The molecule has 1 atom stereocenters. The number of rotatable bonds is 5. The molecule has 1 aromatic heterocycles. The maximum atomic E-state index is 10.5. The van der Waals surface area contributed by atoms with Crippen LogP contribution in [0.1, 0.15) is 29.9 Å². The normalized spacial score (nSPS) is 12.3. The highest BCUT2D eigenvalue weighted by atomic mass is 16.6. The van der Waals surface area contributed by atoms with E-state index < -0.39 is 4.92 Å². The summed E-state index contributed by atoms with van der Waals surface area (Å²) < 4.78 is 5.09. The van der Waals surface area contributed by atoms with Crippen LogP contribution < -0.4 is 5.32 Å². The van der Waals surface area contributed by atoms with Crippen molar-refractivity contribution in [2.75, 3.05) is 0 Å². The fourth-order valence-electron chi connectivity index (χ4n) is 1.79. The SMILES string of the molecule is Cc1ccc([C@H](C)NCc2ccc([N+](=O)[O-])o2)cc1. The van der Waals surface area contributed by atoms with Crippen molar-refractivity contribution >= 4 is 5.88 Å². The maximum absolute atomic E-state index is 10.5. The third-order valence-electron chi connectivity index (χ3n) is 2.99. The van der Waals surface area contributed by atoms with Gasteiger partial charge in [-0.2, -0.15) is 0 Å². The summed E-state index contributed by atoms with van der Waals surface area (Å²) in [5, 5.41) is 13.8. The van der Waals surface area contributed by atoms with E-state index in [1.165, 1.54) is 17.2 Å². The fourth-order valence-corrected chi connectivity index (χ4v) is 1.79. The third kappa shape index (κ3) is 3.42. The molecule has 1 heterocycles. The molecule has 0 aliphatic heterocycles. The Kier molecular flexibility index (Phi) is 3.97. The van der Waals surface area contributed by atoms with Gasteiger partial charge in [-0.05, 0) is 25.5 Å². The molecule has 0 saturated heterocycles. The number of hydrogen-bond donors (Lipinski definition) is 1. The summed E-state index contributed by atoms with van der Waals surface area (Å²) in [7, 11) is 0. The Hall–Kier alpha value is -2.14. The lowest BCUT2D eigenvalue weighted by atomic mass is 10.1. The van der Waals surface area contributed by atoms with Crippen LogP contribution in [0.25, 0.3) is 0 Å². The molecule has 1 N–H and O–H groups in total. The monoisotopic (exact) mass is 260 g/mol. The predicted molar refractivity (Wildman–Crippen MR) is 71.8 cm³/mol. The minimum absolute atomic E-state index is 0.157. The first-order valence-corrected chi connectivity index (χ1v) is 6.09. The van der Waals surface area contributed by atoms with Gasteiger partial charge in [0.2, 0.25) is 0 Å². The highest BCUT2D eigenvalue weighted by Crippen LogP contribution is 2.17. The highest BCUT2D eigenvalue weighted by molar-refractivity contribution is 5.24. The molecule has 0 saturated carbocycles. The quantitative estimate of drug-likeness (QED) is 0.661. The molecule has 0 aliphatic rings. The molecule has 0 bridgehead atoms. The molecule has 100 valence electrons. The lowest BCUT2D eigenvalue weighted by Crippen LogP contribution is -2.17. The van der Waals surface area contributed by atoms with E-state index >= 15 is 0 Å². The van der Waals surface area contributed by atoms with Crippen LogP contribution in [0.2, 0.25) is 0 Å². The van der Waals surface area contributed by atoms with Crippen molar-refractivity contribution in [2.45, 2.75) is 26.4 Å². The predicted octanol–water partition coefficient (Wildman–Crippen LogP) is 3.35. The van der Waals surface area contributed by atoms with E-state index in [4.69, 9.17) is 4.42 Å². The standard InChI is InChI=1S/C14H16N2O3/c1-10-3-5-12(6-4-10)11(2)15-9-13-7-8-14(19-13)16(17)18/h3-8,11,15H,9H2,1-2H3/t11-/m0/s1. The van der Waals surface area contributed by atoms with Gasteiger partial charge in [-0.15, -0.1) is 0 Å². The number of nitrogens with zero attached hydrogens (tertiary/aromatic N) is 1. The molecule has 2 aromatic rings. The van der Waals surface area contributed by atoms with E-state index in [1.807, 2.05) is 13.8 Å². The third-order valence-corrected chi connectivity index (χ3v) is 2.99. The molecule has 0 fully saturated rings.